The molecule has 0 fully saturated rings. The van der Waals surface area contributed by atoms with E-state index < -0.39 is 5.60 Å². The van der Waals surface area contributed by atoms with Crippen molar-refractivity contribution in [3.05, 3.63) is 53.3 Å². The molecule has 0 spiro atoms. The molecular formula is C18H24N4O2. The van der Waals surface area contributed by atoms with Crippen LogP contribution < -0.4 is 10.6 Å². The van der Waals surface area contributed by atoms with E-state index >= 15 is 0 Å². The van der Waals surface area contributed by atoms with E-state index in [2.05, 4.69) is 15.7 Å². The van der Waals surface area contributed by atoms with E-state index in [0.717, 1.165) is 29.5 Å². The van der Waals surface area contributed by atoms with E-state index in [9.17, 15) is 9.90 Å². The smallest absolute Gasteiger partial charge is 0.315 e. The number of aliphatic hydroxyl groups is 1. The first kappa shape index (κ1) is 16.5. The van der Waals surface area contributed by atoms with Crippen LogP contribution in [-0.2, 0) is 19.1 Å². The number of nitrogens with one attached hydrogen (secondary N) is 2. The van der Waals surface area contributed by atoms with Gasteiger partial charge in [0.25, 0.3) is 0 Å². The predicted octanol–water partition coefficient (Wildman–Crippen LogP) is 2.00. The van der Waals surface area contributed by atoms with Crippen molar-refractivity contribution in [3.63, 3.8) is 0 Å². The van der Waals surface area contributed by atoms with Gasteiger partial charge in [-0.2, -0.15) is 5.10 Å². The summed E-state index contributed by atoms with van der Waals surface area (Å²) in [7, 11) is 1.84. The minimum absolute atomic E-state index is 0.146. The van der Waals surface area contributed by atoms with E-state index in [-0.39, 0.29) is 18.6 Å². The zero-order valence-corrected chi connectivity index (χ0v) is 14.1. The number of carbonyl (C=O) groups excluding carboxylic acids is 1. The number of hydrogen-bond donors (Lipinski definition) is 3. The van der Waals surface area contributed by atoms with E-state index in [0.29, 0.717) is 6.42 Å². The van der Waals surface area contributed by atoms with Crippen molar-refractivity contribution >= 4 is 6.03 Å². The highest BCUT2D eigenvalue weighted by molar-refractivity contribution is 5.74. The maximum Gasteiger partial charge on any atom is 0.315 e. The van der Waals surface area contributed by atoms with Crippen LogP contribution in [0.1, 0.15) is 42.5 Å². The van der Waals surface area contributed by atoms with Crippen molar-refractivity contribution in [2.24, 2.45) is 7.05 Å². The topological polar surface area (TPSA) is 79.2 Å². The summed E-state index contributed by atoms with van der Waals surface area (Å²) in [6.45, 7) is 2.11. The molecule has 2 aromatic rings. The molecule has 2 unspecified atom stereocenters. The third-order valence-corrected chi connectivity index (χ3v) is 4.67. The lowest BCUT2D eigenvalue weighted by Gasteiger charge is -2.34. The average molecular weight is 328 g/mol. The Morgan fingerprint density at radius 3 is 3.00 bits per heavy atom. The van der Waals surface area contributed by atoms with Crippen molar-refractivity contribution in [1.29, 1.82) is 0 Å². The molecule has 0 bridgehead atoms. The highest BCUT2D eigenvalue weighted by Gasteiger charge is 2.34. The molecule has 0 aliphatic heterocycles. The Kier molecular flexibility index (Phi) is 4.57. The van der Waals surface area contributed by atoms with Gasteiger partial charge in [0.1, 0.15) is 5.60 Å². The van der Waals surface area contributed by atoms with Gasteiger partial charge in [0.05, 0.1) is 18.8 Å². The zero-order chi connectivity index (χ0) is 17.2. The fraction of sp³-hybridized carbons (Fsp3) is 0.444. The van der Waals surface area contributed by atoms with Crippen LogP contribution in [0.5, 0.6) is 0 Å². The molecule has 2 amide bonds. The molecule has 0 saturated heterocycles. The minimum atomic E-state index is -0.996. The lowest BCUT2D eigenvalue weighted by molar-refractivity contribution is 0.0216. The number of aryl methyl sites for hydroxylation is 2. The van der Waals surface area contributed by atoms with Crippen LogP contribution in [0.2, 0.25) is 0 Å². The van der Waals surface area contributed by atoms with Crippen LogP contribution in [0, 0.1) is 0 Å². The van der Waals surface area contributed by atoms with Gasteiger partial charge < -0.3 is 15.7 Å². The van der Waals surface area contributed by atoms with Crippen LogP contribution in [0.25, 0.3) is 0 Å². The summed E-state index contributed by atoms with van der Waals surface area (Å²) in [6, 6.07) is 7.48. The summed E-state index contributed by atoms with van der Waals surface area (Å²) in [5.41, 5.74) is 2.03. The molecule has 24 heavy (non-hydrogen) atoms. The SMILES string of the molecule is CC(NC(=O)NCC1(O)CCCc2ccccc21)c1cnn(C)c1. The Balaban J connectivity index is 1.60. The molecule has 6 nitrogen and oxygen atoms in total. The third kappa shape index (κ3) is 3.43. The van der Waals surface area contributed by atoms with Crippen molar-refractivity contribution in [2.75, 3.05) is 6.54 Å². The molecule has 2 atom stereocenters. The van der Waals surface area contributed by atoms with E-state index in [4.69, 9.17) is 0 Å². The van der Waals surface area contributed by atoms with Gasteiger partial charge in [0.15, 0.2) is 0 Å². The first-order valence-electron chi connectivity index (χ1n) is 8.31. The second-order valence-electron chi connectivity index (χ2n) is 6.54. The number of nitrogens with zero attached hydrogens (tertiary/aromatic N) is 2. The van der Waals surface area contributed by atoms with Gasteiger partial charge in [-0.25, -0.2) is 4.79 Å². The quantitative estimate of drug-likeness (QED) is 0.803. The van der Waals surface area contributed by atoms with Crippen LogP contribution in [-0.4, -0.2) is 27.5 Å². The lowest BCUT2D eigenvalue weighted by atomic mass is 9.79. The van der Waals surface area contributed by atoms with Gasteiger partial charge in [-0.05, 0) is 37.3 Å². The third-order valence-electron chi connectivity index (χ3n) is 4.67. The summed E-state index contributed by atoms with van der Waals surface area (Å²) in [4.78, 5) is 12.2. The van der Waals surface area contributed by atoms with Gasteiger partial charge in [0, 0.05) is 18.8 Å². The summed E-state index contributed by atoms with van der Waals surface area (Å²) < 4.78 is 1.70. The molecule has 1 aliphatic rings. The zero-order valence-electron chi connectivity index (χ0n) is 14.1. The average Bonchev–Trinajstić information content (AvgIpc) is 3.00. The summed E-state index contributed by atoms with van der Waals surface area (Å²) in [6.07, 6.45) is 6.15. The Hall–Kier alpha value is -2.34. The monoisotopic (exact) mass is 328 g/mol. The molecule has 3 rings (SSSR count). The maximum atomic E-state index is 12.2. The molecule has 3 N–H and O–H groups in total. The Morgan fingerprint density at radius 1 is 1.46 bits per heavy atom. The van der Waals surface area contributed by atoms with Crippen LogP contribution in [0.15, 0.2) is 36.7 Å². The second-order valence-corrected chi connectivity index (χ2v) is 6.54. The molecule has 1 aromatic carbocycles. The summed E-state index contributed by atoms with van der Waals surface area (Å²) in [5.74, 6) is 0. The molecule has 128 valence electrons. The van der Waals surface area contributed by atoms with Gasteiger partial charge >= 0.3 is 6.03 Å². The molecule has 1 aliphatic carbocycles. The second kappa shape index (κ2) is 6.65. The number of carbonyl (C=O) groups is 1. The van der Waals surface area contributed by atoms with Gasteiger partial charge in [-0.1, -0.05) is 24.3 Å². The maximum absolute atomic E-state index is 12.2. The van der Waals surface area contributed by atoms with Crippen molar-refractivity contribution < 1.29 is 9.90 Å². The molecule has 1 heterocycles. The summed E-state index contributed by atoms with van der Waals surface area (Å²) >= 11 is 0. The number of benzene rings is 1. The lowest BCUT2D eigenvalue weighted by Crippen LogP contribution is -2.46. The largest absolute Gasteiger partial charge is 0.383 e. The van der Waals surface area contributed by atoms with Crippen LogP contribution in [0.4, 0.5) is 4.79 Å². The molecule has 6 heteroatoms. The molecule has 0 saturated carbocycles. The highest BCUT2D eigenvalue weighted by atomic mass is 16.3. The highest BCUT2D eigenvalue weighted by Crippen LogP contribution is 2.34. The molecular weight excluding hydrogens is 304 g/mol. The predicted molar refractivity (Wildman–Crippen MR) is 91.4 cm³/mol. The molecule has 0 radical (unpaired) electrons. The van der Waals surface area contributed by atoms with Crippen LogP contribution >= 0.6 is 0 Å². The number of aromatic nitrogens is 2. The Labute approximate surface area is 141 Å². The van der Waals surface area contributed by atoms with Gasteiger partial charge in [-0.3, -0.25) is 4.68 Å². The van der Waals surface area contributed by atoms with E-state index in [1.165, 1.54) is 0 Å². The van der Waals surface area contributed by atoms with Gasteiger partial charge in [0.2, 0.25) is 0 Å². The molecule has 1 aromatic heterocycles. The Bertz CT molecular complexity index is 727. The Morgan fingerprint density at radius 2 is 2.25 bits per heavy atom. The standard InChI is InChI=1S/C18H24N4O2/c1-13(15-10-20-22(2)11-15)21-17(23)19-12-18(24)9-5-7-14-6-3-4-8-16(14)18/h3-4,6,8,10-11,13,24H,5,7,9,12H2,1-2H3,(H2,19,21,23). The van der Waals surface area contributed by atoms with Gasteiger partial charge in [-0.15, -0.1) is 0 Å². The number of hydrogen-bond acceptors (Lipinski definition) is 3. The van der Waals surface area contributed by atoms with E-state index in [1.807, 2.05) is 44.4 Å². The number of urea groups is 1. The fourth-order valence-corrected chi connectivity index (χ4v) is 3.30. The fourth-order valence-electron chi connectivity index (χ4n) is 3.30. The number of amides is 2. The minimum Gasteiger partial charge on any atom is -0.383 e. The van der Waals surface area contributed by atoms with Crippen molar-refractivity contribution in [3.8, 4) is 0 Å². The van der Waals surface area contributed by atoms with Crippen LogP contribution in [0.3, 0.4) is 0 Å². The van der Waals surface area contributed by atoms with Crippen molar-refractivity contribution in [2.45, 2.75) is 37.8 Å². The normalized spacial score (nSPS) is 21.0. The van der Waals surface area contributed by atoms with E-state index in [1.54, 1.807) is 10.9 Å². The first-order chi connectivity index (χ1) is 11.5. The number of fused-ring (bicyclic) bond motifs is 1. The summed E-state index contributed by atoms with van der Waals surface area (Å²) in [5, 5.41) is 20.8. The number of rotatable bonds is 4. The van der Waals surface area contributed by atoms with Crippen molar-refractivity contribution in [1.82, 2.24) is 20.4 Å². The first-order valence-corrected chi connectivity index (χ1v) is 8.31.